The molecule has 0 fully saturated rings. The van der Waals surface area contributed by atoms with Crippen LogP contribution in [0.25, 0.3) is 0 Å². The van der Waals surface area contributed by atoms with Crippen molar-refractivity contribution in [3.05, 3.63) is 0 Å². The second-order valence-corrected chi connectivity index (χ2v) is 5.25. The monoisotopic (exact) mass is 303 g/mol. The molecule has 0 N–H and O–H groups in total. The first-order valence-corrected chi connectivity index (χ1v) is 8.42. The predicted molar refractivity (Wildman–Crippen MR) is 89.7 cm³/mol. The van der Waals surface area contributed by atoms with E-state index in [0.29, 0.717) is 19.6 Å². The number of nitrogens with zero attached hydrogens (tertiary/aromatic N) is 1. The largest absolute Gasteiger partial charge is 0.385 e. The van der Waals surface area contributed by atoms with E-state index in [-0.39, 0.29) is 12.0 Å². The molecule has 0 aromatic carbocycles. The van der Waals surface area contributed by atoms with E-state index in [9.17, 15) is 4.79 Å². The molecule has 0 rings (SSSR count). The van der Waals surface area contributed by atoms with Crippen molar-refractivity contribution < 1.29 is 14.3 Å². The Hall–Kier alpha value is -0.610. The van der Waals surface area contributed by atoms with Crippen LogP contribution in [0.1, 0.15) is 66.2 Å². The molecule has 0 unspecified atom stereocenters. The Kier molecular flexibility index (Phi) is 18.8. The molecule has 0 aliphatic heterocycles. The molecule has 4 heteroatoms. The van der Waals surface area contributed by atoms with Crippen LogP contribution in [0, 0.1) is 0 Å². The SMILES string of the molecule is CC.COCCCCCCCC(=O)N(C)CCOC(C)C. The zero-order valence-electron chi connectivity index (χ0n) is 15.1. The van der Waals surface area contributed by atoms with E-state index in [1.54, 1.807) is 12.0 Å². The van der Waals surface area contributed by atoms with Gasteiger partial charge in [-0.2, -0.15) is 0 Å². The summed E-state index contributed by atoms with van der Waals surface area (Å²) in [5, 5.41) is 0. The van der Waals surface area contributed by atoms with E-state index >= 15 is 0 Å². The molecular weight excluding hydrogens is 266 g/mol. The van der Waals surface area contributed by atoms with Crippen molar-refractivity contribution in [2.75, 3.05) is 33.9 Å². The number of carbonyl (C=O) groups is 1. The fraction of sp³-hybridized carbons (Fsp3) is 0.941. The van der Waals surface area contributed by atoms with Crippen LogP contribution in [0.3, 0.4) is 0 Å². The quantitative estimate of drug-likeness (QED) is 0.514. The maximum absolute atomic E-state index is 11.8. The molecule has 0 radical (unpaired) electrons. The Morgan fingerprint density at radius 3 is 2.14 bits per heavy atom. The van der Waals surface area contributed by atoms with Gasteiger partial charge < -0.3 is 14.4 Å². The first-order valence-electron chi connectivity index (χ1n) is 8.42. The molecule has 0 spiro atoms. The molecule has 0 aliphatic carbocycles. The first-order chi connectivity index (χ1) is 10.1. The minimum Gasteiger partial charge on any atom is -0.385 e. The fourth-order valence-corrected chi connectivity index (χ4v) is 1.79. The number of ether oxygens (including phenoxy) is 2. The molecule has 4 nitrogen and oxygen atoms in total. The van der Waals surface area contributed by atoms with Crippen molar-refractivity contribution in [1.82, 2.24) is 4.90 Å². The Morgan fingerprint density at radius 1 is 1.00 bits per heavy atom. The molecule has 0 saturated heterocycles. The topological polar surface area (TPSA) is 38.8 Å². The highest BCUT2D eigenvalue weighted by Crippen LogP contribution is 2.06. The molecule has 0 bridgehead atoms. The van der Waals surface area contributed by atoms with E-state index < -0.39 is 0 Å². The Balaban J connectivity index is 0. The molecule has 128 valence electrons. The molecule has 0 atom stereocenters. The molecule has 0 heterocycles. The summed E-state index contributed by atoms with van der Waals surface area (Å²) in [7, 11) is 3.59. The van der Waals surface area contributed by atoms with Crippen molar-refractivity contribution in [3.8, 4) is 0 Å². The van der Waals surface area contributed by atoms with Gasteiger partial charge >= 0.3 is 0 Å². The number of carbonyl (C=O) groups excluding carboxylic acids is 1. The number of hydrogen-bond acceptors (Lipinski definition) is 3. The summed E-state index contributed by atoms with van der Waals surface area (Å²) in [4.78, 5) is 13.6. The number of rotatable bonds is 12. The van der Waals surface area contributed by atoms with Crippen LogP contribution < -0.4 is 0 Å². The van der Waals surface area contributed by atoms with Gasteiger partial charge in [0.05, 0.1) is 12.7 Å². The lowest BCUT2D eigenvalue weighted by Crippen LogP contribution is -2.30. The minimum atomic E-state index is 0.226. The molecule has 1 amide bonds. The van der Waals surface area contributed by atoms with Crippen LogP contribution in [-0.4, -0.2) is 50.8 Å². The summed E-state index contributed by atoms with van der Waals surface area (Å²) in [6.45, 7) is 10.2. The number of unbranched alkanes of at least 4 members (excludes halogenated alkanes) is 4. The van der Waals surface area contributed by atoms with E-state index in [4.69, 9.17) is 9.47 Å². The van der Waals surface area contributed by atoms with Crippen molar-refractivity contribution in [2.45, 2.75) is 72.3 Å². The molecule has 0 aromatic rings. The maximum atomic E-state index is 11.8. The van der Waals surface area contributed by atoms with Crippen molar-refractivity contribution in [3.63, 3.8) is 0 Å². The highest BCUT2D eigenvalue weighted by molar-refractivity contribution is 5.75. The Bertz CT molecular complexity index is 220. The highest BCUT2D eigenvalue weighted by atomic mass is 16.5. The zero-order valence-corrected chi connectivity index (χ0v) is 15.1. The summed E-state index contributed by atoms with van der Waals surface area (Å²) in [5.41, 5.74) is 0. The van der Waals surface area contributed by atoms with Gasteiger partial charge in [0.15, 0.2) is 0 Å². The zero-order chi connectivity index (χ0) is 16.5. The minimum absolute atomic E-state index is 0.226. The van der Waals surface area contributed by atoms with Crippen LogP contribution in [-0.2, 0) is 14.3 Å². The van der Waals surface area contributed by atoms with Crippen LogP contribution in [0.5, 0.6) is 0 Å². The van der Waals surface area contributed by atoms with Gasteiger partial charge in [0.1, 0.15) is 0 Å². The third-order valence-electron chi connectivity index (χ3n) is 3.04. The van der Waals surface area contributed by atoms with Crippen molar-refractivity contribution in [2.24, 2.45) is 0 Å². The molecule has 0 aromatic heterocycles. The van der Waals surface area contributed by atoms with E-state index in [2.05, 4.69) is 0 Å². The number of amides is 1. The fourth-order valence-electron chi connectivity index (χ4n) is 1.79. The number of hydrogen-bond donors (Lipinski definition) is 0. The van der Waals surface area contributed by atoms with Gasteiger partial charge in [-0.3, -0.25) is 4.79 Å². The second-order valence-electron chi connectivity index (χ2n) is 5.25. The average molecular weight is 303 g/mol. The first kappa shape index (κ1) is 22.7. The average Bonchev–Trinajstić information content (AvgIpc) is 2.47. The molecule has 0 saturated carbocycles. The number of likely N-dealkylation sites (N-methyl/N-ethyl adjacent to an activating group) is 1. The smallest absolute Gasteiger partial charge is 0.222 e. The van der Waals surface area contributed by atoms with Crippen LogP contribution in [0.4, 0.5) is 0 Å². The van der Waals surface area contributed by atoms with Gasteiger partial charge in [-0.05, 0) is 26.7 Å². The van der Waals surface area contributed by atoms with Gasteiger partial charge in [-0.25, -0.2) is 0 Å². The van der Waals surface area contributed by atoms with Gasteiger partial charge in [0.25, 0.3) is 0 Å². The highest BCUT2D eigenvalue weighted by Gasteiger charge is 2.08. The standard InChI is InChI=1S/C15H31NO3.C2H6/c1-14(2)19-13-11-16(3)15(17)10-8-6-5-7-9-12-18-4;1-2/h14H,5-13H2,1-4H3;1-2H3. The molecular formula is C17H37NO3. The molecule has 21 heavy (non-hydrogen) atoms. The van der Waals surface area contributed by atoms with Crippen molar-refractivity contribution >= 4 is 5.91 Å². The summed E-state index contributed by atoms with van der Waals surface area (Å²) in [6.07, 6.45) is 6.51. The van der Waals surface area contributed by atoms with Crippen LogP contribution in [0.2, 0.25) is 0 Å². The summed E-state index contributed by atoms with van der Waals surface area (Å²) in [6, 6.07) is 0. The lowest BCUT2D eigenvalue weighted by molar-refractivity contribution is -0.130. The third kappa shape index (κ3) is 17.3. The Labute approximate surface area is 132 Å². The lowest BCUT2D eigenvalue weighted by atomic mass is 10.1. The predicted octanol–water partition coefficient (Wildman–Crippen LogP) is 3.88. The Morgan fingerprint density at radius 2 is 1.57 bits per heavy atom. The summed E-state index contributed by atoms with van der Waals surface area (Å²) >= 11 is 0. The van der Waals surface area contributed by atoms with Crippen molar-refractivity contribution in [1.29, 1.82) is 0 Å². The van der Waals surface area contributed by atoms with Gasteiger partial charge in [0.2, 0.25) is 5.91 Å². The van der Waals surface area contributed by atoms with Gasteiger partial charge in [-0.15, -0.1) is 0 Å². The summed E-state index contributed by atoms with van der Waals surface area (Å²) < 4.78 is 10.4. The summed E-state index contributed by atoms with van der Waals surface area (Å²) in [5.74, 6) is 0.226. The number of methoxy groups -OCH3 is 1. The van der Waals surface area contributed by atoms with Gasteiger partial charge in [-0.1, -0.05) is 33.1 Å². The van der Waals surface area contributed by atoms with Crippen LogP contribution in [0.15, 0.2) is 0 Å². The molecule has 0 aliphatic rings. The lowest BCUT2D eigenvalue weighted by Gasteiger charge is -2.18. The van der Waals surface area contributed by atoms with E-state index in [0.717, 1.165) is 25.9 Å². The van der Waals surface area contributed by atoms with Gasteiger partial charge in [0, 0.05) is 33.7 Å². The van der Waals surface area contributed by atoms with E-state index in [1.807, 2.05) is 34.7 Å². The third-order valence-corrected chi connectivity index (χ3v) is 3.04. The maximum Gasteiger partial charge on any atom is 0.222 e. The van der Waals surface area contributed by atoms with E-state index in [1.165, 1.54) is 12.8 Å². The normalized spacial score (nSPS) is 10.2. The van der Waals surface area contributed by atoms with Crippen LogP contribution >= 0.6 is 0 Å². The second kappa shape index (κ2) is 17.4.